The first-order valence-electron chi connectivity index (χ1n) is 7.18. The summed E-state index contributed by atoms with van der Waals surface area (Å²) in [6.07, 6.45) is 2.98. The Morgan fingerprint density at radius 1 is 1.08 bits per heavy atom. The molecule has 0 saturated carbocycles. The minimum Gasteiger partial charge on any atom is -0.313 e. The topological polar surface area (TPSA) is 109 Å². The van der Waals surface area contributed by atoms with Crippen LogP contribution in [0.4, 0.5) is 5.69 Å². The lowest BCUT2D eigenvalue weighted by Gasteiger charge is -2.19. The van der Waals surface area contributed by atoms with Crippen molar-refractivity contribution in [3.05, 3.63) is 42.1 Å². The molecule has 0 radical (unpaired) electrons. The highest BCUT2D eigenvalue weighted by atomic mass is 32.3. The predicted molar refractivity (Wildman–Crippen MR) is 95.1 cm³/mol. The van der Waals surface area contributed by atoms with Gasteiger partial charge >= 0.3 is 0 Å². The molecule has 1 amide bonds. The molecule has 1 rings (SSSR count). The Hall–Kier alpha value is -2.20. The maximum absolute atomic E-state index is 12.2. The van der Waals surface area contributed by atoms with Gasteiger partial charge in [-0.05, 0) is 19.1 Å². The van der Waals surface area contributed by atoms with E-state index >= 15 is 0 Å². The molecule has 0 aromatic heterocycles. The molecule has 1 aromatic rings. The van der Waals surface area contributed by atoms with Crippen LogP contribution in [0.2, 0.25) is 0 Å². The van der Waals surface area contributed by atoms with E-state index in [2.05, 4.69) is 0 Å². The highest BCUT2D eigenvalue weighted by Crippen LogP contribution is 2.17. The van der Waals surface area contributed by atoms with Crippen molar-refractivity contribution in [3.8, 4) is 0 Å². The lowest BCUT2D eigenvalue weighted by atomic mass is 10.1. The third kappa shape index (κ3) is 5.68. The molecule has 0 aliphatic rings. The van der Waals surface area contributed by atoms with Crippen LogP contribution in [0.5, 0.6) is 0 Å². The second-order valence-electron chi connectivity index (χ2n) is 5.24. The summed E-state index contributed by atoms with van der Waals surface area (Å²) in [5.74, 6) is -0.790. The van der Waals surface area contributed by atoms with Gasteiger partial charge in [0.25, 0.3) is 0 Å². The molecular formula is C15H20N2O6S2. The first-order valence-corrected chi connectivity index (χ1v) is 10.9. The number of benzene rings is 1. The van der Waals surface area contributed by atoms with Crippen molar-refractivity contribution in [2.45, 2.75) is 13.8 Å². The molecule has 0 aliphatic heterocycles. The number of rotatable bonds is 7. The zero-order chi connectivity index (χ0) is 19.4. The van der Waals surface area contributed by atoms with Crippen molar-refractivity contribution in [1.29, 1.82) is 0 Å². The molecule has 0 aliphatic carbocycles. The Morgan fingerprint density at radius 2 is 1.64 bits per heavy atom. The van der Waals surface area contributed by atoms with E-state index in [1.807, 2.05) is 0 Å². The molecule has 0 atom stereocenters. The third-order valence-electron chi connectivity index (χ3n) is 3.14. The summed E-state index contributed by atoms with van der Waals surface area (Å²) in [4.78, 5) is 25.3. The molecule has 10 heteroatoms. The highest BCUT2D eigenvalue weighted by Gasteiger charge is 2.22. The van der Waals surface area contributed by atoms with Gasteiger partial charge in [-0.3, -0.25) is 9.59 Å². The zero-order valence-corrected chi connectivity index (χ0v) is 16.0. The lowest BCUT2D eigenvalue weighted by Crippen LogP contribution is -2.30. The van der Waals surface area contributed by atoms with Crippen LogP contribution in [0.3, 0.4) is 0 Å². The minimum atomic E-state index is -4.08. The summed E-state index contributed by atoms with van der Waals surface area (Å²) >= 11 is 0. The molecule has 0 N–H and O–H groups in total. The van der Waals surface area contributed by atoms with Crippen molar-refractivity contribution >= 4 is 37.4 Å². The number of nitrogens with zero attached hydrogens (tertiary/aromatic N) is 2. The molecule has 0 unspecified atom stereocenters. The average molecular weight is 388 g/mol. The number of ketones is 1. The van der Waals surface area contributed by atoms with Crippen LogP contribution in [0.25, 0.3) is 0 Å². The molecule has 0 heterocycles. The van der Waals surface area contributed by atoms with E-state index < -0.39 is 25.8 Å². The molecular weight excluding hydrogens is 368 g/mol. The Balaban J connectivity index is 3.19. The summed E-state index contributed by atoms with van der Waals surface area (Å²) in [5.41, 5.74) is 0.702. The van der Waals surface area contributed by atoms with Crippen molar-refractivity contribution < 1.29 is 26.4 Å². The molecule has 138 valence electrons. The predicted octanol–water partition coefficient (Wildman–Crippen LogP) is 0.977. The Morgan fingerprint density at radius 3 is 2.08 bits per heavy atom. The van der Waals surface area contributed by atoms with Gasteiger partial charge in [-0.2, -0.15) is 3.71 Å². The van der Waals surface area contributed by atoms with E-state index in [0.717, 1.165) is 18.6 Å². The van der Waals surface area contributed by atoms with Crippen LogP contribution < -0.4 is 4.90 Å². The van der Waals surface area contributed by atoms with Gasteiger partial charge in [0.15, 0.2) is 5.78 Å². The Kier molecular flexibility index (Phi) is 6.49. The highest BCUT2D eigenvalue weighted by molar-refractivity contribution is 8.03. The number of hydrogen-bond acceptors (Lipinski definition) is 6. The summed E-state index contributed by atoms with van der Waals surface area (Å²) in [5, 5.41) is 0. The fraction of sp³-hybridized carbons (Fsp3) is 0.333. The zero-order valence-electron chi connectivity index (χ0n) is 14.3. The van der Waals surface area contributed by atoms with Crippen LogP contribution in [-0.2, 0) is 24.8 Å². The van der Waals surface area contributed by atoms with Crippen molar-refractivity contribution in [2.75, 3.05) is 24.0 Å². The number of amides is 1. The molecule has 25 heavy (non-hydrogen) atoms. The first-order chi connectivity index (χ1) is 11.4. The molecule has 0 bridgehead atoms. The standard InChI is InChI=1S/C15H20N2O6S2/c1-5-16(12(2)18)14-8-6-7-13(11-14)15(19)9-10-17(24(3,20)21)25(4,22)23/h6-11H,5H2,1-4H3/b10-9+. The van der Waals surface area contributed by atoms with Crippen molar-refractivity contribution in [1.82, 2.24) is 3.71 Å². The number of anilines is 1. The second-order valence-corrected chi connectivity index (χ2v) is 9.19. The Labute approximate surface area is 147 Å². The van der Waals surface area contributed by atoms with Crippen molar-refractivity contribution in [2.24, 2.45) is 0 Å². The minimum absolute atomic E-state index is 0.121. The van der Waals surface area contributed by atoms with Gasteiger partial charge in [0.1, 0.15) is 0 Å². The van der Waals surface area contributed by atoms with Gasteiger partial charge < -0.3 is 4.90 Å². The molecule has 8 nitrogen and oxygen atoms in total. The third-order valence-corrected chi connectivity index (χ3v) is 6.32. The monoisotopic (exact) mass is 388 g/mol. The van der Waals surface area contributed by atoms with Crippen molar-refractivity contribution in [3.63, 3.8) is 0 Å². The van der Waals surface area contributed by atoms with Gasteiger partial charge in [-0.15, -0.1) is 0 Å². The van der Waals surface area contributed by atoms with Gasteiger partial charge in [0.05, 0.1) is 12.5 Å². The van der Waals surface area contributed by atoms with Crippen LogP contribution in [0, 0.1) is 0 Å². The maximum Gasteiger partial charge on any atom is 0.244 e. The fourth-order valence-corrected chi connectivity index (χ4v) is 4.64. The van der Waals surface area contributed by atoms with Crippen LogP contribution in [-0.4, -0.2) is 51.3 Å². The summed E-state index contributed by atoms with van der Waals surface area (Å²) in [7, 11) is -8.17. The normalized spacial score (nSPS) is 12.2. The number of sulfonamides is 2. The molecule has 0 spiro atoms. The van der Waals surface area contributed by atoms with Crippen LogP contribution in [0.1, 0.15) is 24.2 Å². The van der Waals surface area contributed by atoms with E-state index in [0.29, 0.717) is 18.4 Å². The number of carbonyl (C=O) groups excluding carboxylic acids is 2. The van der Waals surface area contributed by atoms with Crippen LogP contribution in [0.15, 0.2) is 36.5 Å². The fourth-order valence-electron chi connectivity index (χ4n) is 2.11. The SMILES string of the molecule is CCN(C(C)=O)c1cccc(C(=O)/C=C/N(S(C)(=O)=O)S(C)(=O)=O)c1. The van der Waals surface area contributed by atoms with E-state index in [-0.39, 0.29) is 15.2 Å². The van der Waals surface area contributed by atoms with Gasteiger partial charge in [-0.25, -0.2) is 16.8 Å². The summed E-state index contributed by atoms with van der Waals surface area (Å²) < 4.78 is 46.2. The molecule has 1 aromatic carbocycles. The average Bonchev–Trinajstić information content (AvgIpc) is 2.45. The van der Waals surface area contributed by atoms with Gasteiger partial charge in [0.2, 0.25) is 26.0 Å². The first kappa shape index (κ1) is 20.8. The maximum atomic E-state index is 12.2. The quantitative estimate of drug-likeness (QED) is 0.509. The lowest BCUT2D eigenvalue weighted by molar-refractivity contribution is -0.116. The Bertz CT molecular complexity index is 872. The summed E-state index contributed by atoms with van der Waals surface area (Å²) in [6, 6.07) is 6.19. The van der Waals surface area contributed by atoms with Gasteiger partial charge in [0, 0.05) is 37.0 Å². The number of carbonyl (C=O) groups is 2. The number of hydrogen-bond donors (Lipinski definition) is 0. The van der Waals surface area contributed by atoms with E-state index in [4.69, 9.17) is 0 Å². The second kappa shape index (κ2) is 7.79. The van der Waals surface area contributed by atoms with E-state index in [9.17, 15) is 26.4 Å². The number of allylic oxidation sites excluding steroid dienone is 1. The van der Waals surface area contributed by atoms with Crippen LogP contribution >= 0.6 is 0 Å². The smallest absolute Gasteiger partial charge is 0.244 e. The molecule has 0 saturated heterocycles. The largest absolute Gasteiger partial charge is 0.313 e. The van der Waals surface area contributed by atoms with Gasteiger partial charge in [-0.1, -0.05) is 12.1 Å². The summed E-state index contributed by atoms with van der Waals surface area (Å²) in [6.45, 7) is 3.60. The molecule has 0 fully saturated rings. The van der Waals surface area contributed by atoms with E-state index in [1.54, 1.807) is 19.1 Å². The van der Waals surface area contributed by atoms with E-state index in [1.165, 1.54) is 24.0 Å².